The topological polar surface area (TPSA) is 104 Å². The van der Waals surface area contributed by atoms with E-state index >= 15 is 0 Å². The predicted molar refractivity (Wildman–Crippen MR) is 93.6 cm³/mol. The first kappa shape index (κ1) is 19.4. The van der Waals surface area contributed by atoms with Crippen molar-refractivity contribution in [3.8, 4) is 0 Å². The summed E-state index contributed by atoms with van der Waals surface area (Å²) in [4.78, 5) is 24.1. The van der Waals surface area contributed by atoms with Crippen LogP contribution in [-0.2, 0) is 19.6 Å². The van der Waals surface area contributed by atoms with Crippen molar-refractivity contribution in [2.75, 3.05) is 19.3 Å². The maximum Gasteiger partial charge on any atom is 0.330 e. The first-order valence-electron chi connectivity index (χ1n) is 8.14. The molecule has 1 saturated heterocycles. The van der Waals surface area contributed by atoms with Crippen LogP contribution >= 0.6 is 0 Å². The van der Waals surface area contributed by atoms with Gasteiger partial charge in [-0.25, -0.2) is 17.5 Å². The molecule has 0 bridgehead atoms. The lowest BCUT2D eigenvalue weighted by Gasteiger charge is -2.30. The highest BCUT2D eigenvalue weighted by Gasteiger charge is 2.31. The van der Waals surface area contributed by atoms with Crippen LogP contribution in [0.2, 0.25) is 0 Å². The SMILES string of the molecule is Cc1cc(C)cc(C(NC(=O)C2CCN(S(C)(=O)=O)CC2)C(=O)O)c1. The number of rotatable bonds is 5. The van der Waals surface area contributed by atoms with E-state index in [0.29, 0.717) is 18.4 Å². The third kappa shape index (κ3) is 5.02. The van der Waals surface area contributed by atoms with Gasteiger partial charge < -0.3 is 10.4 Å². The number of amides is 1. The average Bonchev–Trinajstić information content (AvgIpc) is 2.50. The smallest absolute Gasteiger partial charge is 0.330 e. The fourth-order valence-electron chi connectivity index (χ4n) is 3.17. The minimum absolute atomic E-state index is 0.276. The molecule has 1 atom stereocenters. The molecular weight excluding hydrogens is 344 g/mol. The molecule has 7 nitrogen and oxygen atoms in total. The van der Waals surface area contributed by atoms with Crippen molar-refractivity contribution >= 4 is 21.9 Å². The van der Waals surface area contributed by atoms with Gasteiger partial charge in [-0.15, -0.1) is 0 Å². The molecule has 2 rings (SSSR count). The van der Waals surface area contributed by atoms with Gasteiger partial charge >= 0.3 is 5.97 Å². The first-order valence-corrected chi connectivity index (χ1v) is 9.99. The van der Waals surface area contributed by atoms with Crippen LogP contribution in [-0.4, -0.2) is 49.1 Å². The van der Waals surface area contributed by atoms with E-state index in [4.69, 9.17) is 0 Å². The normalized spacial score (nSPS) is 17.9. The minimum atomic E-state index is -3.26. The van der Waals surface area contributed by atoms with Crippen LogP contribution < -0.4 is 5.32 Å². The molecule has 0 spiro atoms. The van der Waals surface area contributed by atoms with Crippen molar-refractivity contribution in [1.29, 1.82) is 0 Å². The predicted octanol–water partition coefficient (Wildman–Crippen LogP) is 1.22. The molecule has 0 aliphatic carbocycles. The van der Waals surface area contributed by atoms with Gasteiger partial charge in [-0.2, -0.15) is 0 Å². The number of nitrogens with one attached hydrogen (secondary N) is 1. The zero-order valence-electron chi connectivity index (χ0n) is 14.7. The van der Waals surface area contributed by atoms with Crippen LogP contribution in [0.1, 0.15) is 35.6 Å². The molecule has 1 aromatic rings. The van der Waals surface area contributed by atoms with Gasteiger partial charge in [-0.05, 0) is 32.3 Å². The zero-order chi connectivity index (χ0) is 18.8. The molecule has 8 heteroatoms. The zero-order valence-corrected chi connectivity index (χ0v) is 15.5. The van der Waals surface area contributed by atoms with Gasteiger partial charge in [0.2, 0.25) is 15.9 Å². The van der Waals surface area contributed by atoms with Crippen LogP contribution in [0.4, 0.5) is 0 Å². The average molecular weight is 368 g/mol. The highest BCUT2D eigenvalue weighted by atomic mass is 32.2. The molecule has 1 aromatic carbocycles. The number of sulfonamides is 1. The van der Waals surface area contributed by atoms with E-state index in [9.17, 15) is 23.1 Å². The highest BCUT2D eigenvalue weighted by Crippen LogP contribution is 2.22. The van der Waals surface area contributed by atoms with Gasteiger partial charge in [-0.1, -0.05) is 29.3 Å². The standard InChI is InChI=1S/C17H24N2O5S/c1-11-8-12(2)10-14(9-11)15(17(21)22)18-16(20)13-4-6-19(7-5-13)25(3,23)24/h8-10,13,15H,4-7H2,1-3H3,(H,18,20)(H,21,22). The molecule has 1 fully saturated rings. The van der Waals surface area contributed by atoms with E-state index < -0.39 is 22.0 Å². The number of aliphatic carboxylic acids is 1. The highest BCUT2D eigenvalue weighted by molar-refractivity contribution is 7.88. The second-order valence-corrected chi connectivity index (χ2v) is 8.62. The molecule has 25 heavy (non-hydrogen) atoms. The molecule has 1 aliphatic heterocycles. The summed E-state index contributed by atoms with van der Waals surface area (Å²) in [5, 5.41) is 12.1. The monoisotopic (exact) mass is 368 g/mol. The van der Waals surface area contributed by atoms with E-state index in [1.807, 2.05) is 19.9 Å². The maximum atomic E-state index is 12.5. The van der Waals surface area contributed by atoms with Crippen molar-refractivity contribution < 1.29 is 23.1 Å². The lowest BCUT2D eigenvalue weighted by atomic mass is 9.95. The number of carbonyl (C=O) groups excluding carboxylic acids is 1. The molecule has 138 valence electrons. The van der Waals surface area contributed by atoms with Gasteiger partial charge in [-0.3, -0.25) is 4.79 Å². The summed E-state index contributed by atoms with van der Waals surface area (Å²) >= 11 is 0. The first-order chi connectivity index (χ1) is 11.6. The maximum absolute atomic E-state index is 12.5. The summed E-state index contributed by atoms with van der Waals surface area (Å²) in [6.45, 7) is 4.30. The largest absolute Gasteiger partial charge is 0.479 e. The lowest BCUT2D eigenvalue weighted by Crippen LogP contribution is -2.44. The number of hydrogen-bond acceptors (Lipinski definition) is 4. The third-order valence-electron chi connectivity index (χ3n) is 4.40. The Bertz CT molecular complexity index is 747. The van der Waals surface area contributed by atoms with Crippen molar-refractivity contribution in [2.24, 2.45) is 5.92 Å². The summed E-state index contributed by atoms with van der Waals surface area (Å²) in [6, 6.07) is 4.32. The summed E-state index contributed by atoms with van der Waals surface area (Å²) in [5.41, 5.74) is 2.39. The molecule has 0 radical (unpaired) electrons. The van der Waals surface area contributed by atoms with Gasteiger partial charge in [0.15, 0.2) is 6.04 Å². The number of piperidine rings is 1. The fourth-order valence-corrected chi connectivity index (χ4v) is 4.05. The Kier molecular flexibility index (Phi) is 5.84. The number of nitrogens with zero attached hydrogens (tertiary/aromatic N) is 1. The third-order valence-corrected chi connectivity index (χ3v) is 5.71. The Morgan fingerprint density at radius 2 is 1.68 bits per heavy atom. The quantitative estimate of drug-likeness (QED) is 0.813. The molecule has 1 unspecified atom stereocenters. The summed E-state index contributed by atoms with van der Waals surface area (Å²) in [7, 11) is -3.26. The van der Waals surface area contributed by atoms with Crippen LogP contribution in [0, 0.1) is 19.8 Å². The summed E-state index contributed by atoms with van der Waals surface area (Å²) in [6.07, 6.45) is 1.92. The van der Waals surface area contributed by atoms with Gasteiger partial charge in [0.25, 0.3) is 0 Å². The van der Waals surface area contributed by atoms with Gasteiger partial charge in [0.05, 0.1) is 6.26 Å². The number of carbonyl (C=O) groups is 2. The van der Waals surface area contributed by atoms with Crippen LogP contribution in [0.15, 0.2) is 18.2 Å². The second kappa shape index (κ2) is 7.53. The Labute approximate surface area is 148 Å². The minimum Gasteiger partial charge on any atom is -0.479 e. The van der Waals surface area contributed by atoms with E-state index in [2.05, 4.69) is 5.32 Å². The Morgan fingerprint density at radius 1 is 1.16 bits per heavy atom. The summed E-state index contributed by atoms with van der Waals surface area (Å²) < 4.78 is 24.4. The molecule has 0 saturated carbocycles. The Hall–Kier alpha value is -1.93. The fraction of sp³-hybridized carbons (Fsp3) is 0.529. The summed E-state index contributed by atoms with van der Waals surface area (Å²) in [5.74, 6) is -1.85. The number of aryl methyl sites for hydroxylation is 2. The van der Waals surface area contributed by atoms with E-state index in [-0.39, 0.29) is 24.9 Å². The van der Waals surface area contributed by atoms with Crippen molar-refractivity contribution in [3.63, 3.8) is 0 Å². The molecule has 1 aliphatic rings. The van der Waals surface area contributed by atoms with Crippen molar-refractivity contribution in [3.05, 3.63) is 34.9 Å². The lowest BCUT2D eigenvalue weighted by molar-refractivity contribution is -0.142. The van der Waals surface area contributed by atoms with Crippen LogP contribution in [0.3, 0.4) is 0 Å². The molecule has 2 N–H and O–H groups in total. The number of hydrogen-bond donors (Lipinski definition) is 2. The number of benzene rings is 1. The van der Waals surface area contributed by atoms with Gasteiger partial charge in [0, 0.05) is 19.0 Å². The van der Waals surface area contributed by atoms with Crippen LogP contribution in [0.5, 0.6) is 0 Å². The van der Waals surface area contributed by atoms with Crippen molar-refractivity contribution in [1.82, 2.24) is 9.62 Å². The molecule has 1 amide bonds. The second-order valence-electron chi connectivity index (χ2n) is 6.64. The van der Waals surface area contributed by atoms with Gasteiger partial charge in [0.1, 0.15) is 0 Å². The Morgan fingerprint density at radius 3 is 2.12 bits per heavy atom. The number of carboxylic acid groups (broad SMARTS) is 1. The van der Waals surface area contributed by atoms with E-state index in [1.54, 1.807) is 12.1 Å². The van der Waals surface area contributed by atoms with E-state index in [1.165, 1.54) is 4.31 Å². The molecular formula is C17H24N2O5S. The van der Waals surface area contributed by atoms with Crippen LogP contribution in [0.25, 0.3) is 0 Å². The number of carboxylic acids is 1. The Balaban J connectivity index is 2.08. The molecule has 1 heterocycles. The molecule has 0 aromatic heterocycles. The van der Waals surface area contributed by atoms with E-state index in [0.717, 1.165) is 17.4 Å². The van der Waals surface area contributed by atoms with Crippen molar-refractivity contribution in [2.45, 2.75) is 32.7 Å².